The number of fused-ring (bicyclic) bond motifs is 1. The van der Waals surface area contributed by atoms with Gasteiger partial charge in [-0.25, -0.2) is 9.49 Å². The summed E-state index contributed by atoms with van der Waals surface area (Å²) in [7, 11) is 0. The molecule has 2 heterocycles. The van der Waals surface area contributed by atoms with Crippen molar-refractivity contribution < 1.29 is 4.39 Å². The van der Waals surface area contributed by atoms with E-state index in [2.05, 4.69) is 10.2 Å². The van der Waals surface area contributed by atoms with Crippen molar-refractivity contribution in [3.8, 4) is 0 Å². The van der Waals surface area contributed by atoms with Gasteiger partial charge in [0.1, 0.15) is 5.82 Å². The Morgan fingerprint density at radius 3 is 2.75 bits per heavy atom. The van der Waals surface area contributed by atoms with Crippen LogP contribution in [0.4, 0.5) is 16.0 Å². The highest BCUT2D eigenvalue weighted by atomic mass is 32.1. The molecule has 0 amide bonds. The fourth-order valence-electron chi connectivity index (χ4n) is 1.88. The van der Waals surface area contributed by atoms with Crippen molar-refractivity contribution in [3.05, 3.63) is 34.9 Å². The van der Waals surface area contributed by atoms with Crippen LogP contribution in [-0.2, 0) is 6.54 Å². The fraction of sp³-hybridized carbons (Fsp3) is 0.200. The SMILES string of the molecule is Fc1ccc(N2CCn3c2n[nH]c3=S)cc1. The number of hydrogen-bond donors (Lipinski definition) is 1. The van der Waals surface area contributed by atoms with Crippen molar-refractivity contribution in [2.75, 3.05) is 11.4 Å². The van der Waals surface area contributed by atoms with Gasteiger partial charge in [-0.05, 0) is 36.5 Å². The molecule has 6 heteroatoms. The number of aromatic nitrogens is 3. The number of H-pyrrole nitrogens is 1. The standard InChI is InChI=1S/C10H9FN4S/c11-7-1-3-8(4-2-7)14-5-6-15-9(14)12-13-10(15)16/h1-4H,5-6H2,(H,13,16). The van der Waals surface area contributed by atoms with Crippen LogP contribution in [0.15, 0.2) is 24.3 Å². The van der Waals surface area contributed by atoms with Gasteiger partial charge >= 0.3 is 0 Å². The van der Waals surface area contributed by atoms with E-state index in [1.165, 1.54) is 12.1 Å². The first-order chi connectivity index (χ1) is 7.75. The molecule has 1 aromatic heterocycles. The molecular formula is C10H9FN4S. The summed E-state index contributed by atoms with van der Waals surface area (Å²) in [6.07, 6.45) is 0. The Morgan fingerprint density at radius 2 is 2.00 bits per heavy atom. The van der Waals surface area contributed by atoms with Gasteiger partial charge in [0.05, 0.1) is 0 Å². The Balaban J connectivity index is 2.04. The van der Waals surface area contributed by atoms with Crippen LogP contribution < -0.4 is 4.90 Å². The molecule has 2 aromatic rings. The molecule has 1 N–H and O–H groups in total. The topological polar surface area (TPSA) is 36.9 Å². The second-order valence-electron chi connectivity index (χ2n) is 3.61. The minimum Gasteiger partial charge on any atom is -0.309 e. The number of halogens is 1. The minimum absolute atomic E-state index is 0.234. The molecule has 0 atom stereocenters. The number of anilines is 2. The third-order valence-electron chi connectivity index (χ3n) is 2.67. The summed E-state index contributed by atoms with van der Waals surface area (Å²) < 4.78 is 15.4. The van der Waals surface area contributed by atoms with Crippen LogP contribution in [0.25, 0.3) is 0 Å². The van der Waals surface area contributed by atoms with E-state index < -0.39 is 0 Å². The summed E-state index contributed by atoms with van der Waals surface area (Å²) in [5, 5.41) is 6.90. The van der Waals surface area contributed by atoms with Crippen molar-refractivity contribution in [3.63, 3.8) is 0 Å². The van der Waals surface area contributed by atoms with Gasteiger partial charge in [0, 0.05) is 18.8 Å². The maximum absolute atomic E-state index is 12.8. The van der Waals surface area contributed by atoms with Gasteiger partial charge in [0.15, 0.2) is 4.77 Å². The van der Waals surface area contributed by atoms with Crippen LogP contribution >= 0.6 is 12.2 Å². The maximum Gasteiger partial charge on any atom is 0.230 e. The first-order valence-corrected chi connectivity index (χ1v) is 5.35. The quantitative estimate of drug-likeness (QED) is 0.771. The molecule has 3 rings (SSSR count). The molecule has 1 aromatic carbocycles. The number of hydrogen-bond acceptors (Lipinski definition) is 3. The molecule has 0 bridgehead atoms. The van der Waals surface area contributed by atoms with Gasteiger partial charge in [0.25, 0.3) is 0 Å². The van der Waals surface area contributed by atoms with Crippen molar-refractivity contribution >= 4 is 23.9 Å². The normalized spacial score (nSPS) is 14.2. The van der Waals surface area contributed by atoms with Crippen molar-refractivity contribution in [2.24, 2.45) is 0 Å². The Morgan fingerprint density at radius 1 is 1.25 bits per heavy atom. The van der Waals surface area contributed by atoms with Crippen LogP contribution in [0.3, 0.4) is 0 Å². The largest absolute Gasteiger partial charge is 0.309 e. The molecule has 4 nitrogen and oxygen atoms in total. The van der Waals surface area contributed by atoms with Gasteiger partial charge in [-0.2, -0.15) is 0 Å². The summed E-state index contributed by atoms with van der Waals surface area (Å²) in [5.41, 5.74) is 0.925. The average molecular weight is 236 g/mol. The highest BCUT2D eigenvalue weighted by molar-refractivity contribution is 7.71. The third kappa shape index (κ3) is 1.34. The summed E-state index contributed by atoms with van der Waals surface area (Å²) in [5.74, 6) is 0.554. The number of benzene rings is 1. The van der Waals surface area contributed by atoms with Crippen LogP contribution in [0.5, 0.6) is 0 Å². The lowest BCUT2D eigenvalue weighted by Gasteiger charge is -2.15. The molecule has 0 fully saturated rings. The van der Waals surface area contributed by atoms with Crippen LogP contribution in [0.2, 0.25) is 0 Å². The molecule has 82 valence electrons. The van der Waals surface area contributed by atoms with E-state index in [0.29, 0.717) is 4.77 Å². The lowest BCUT2D eigenvalue weighted by atomic mass is 10.3. The maximum atomic E-state index is 12.8. The Labute approximate surface area is 96.3 Å². The molecule has 0 radical (unpaired) electrons. The van der Waals surface area contributed by atoms with E-state index in [1.807, 2.05) is 9.47 Å². The summed E-state index contributed by atoms with van der Waals surface area (Å²) in [6, 6.07) is 6.37. The smallest absolute Gasteiger partial charge is 0.230 e. The second kappa shape index (κ2) is 3.41. The zero-order chi connectivity index (χ0) is 11.1. The molecular weight excluding hydrogens is 227 g/mol. The second-order valence-corrected chi connectivity index (χ2v) is 4.00. The average Bonchev–Trinajstić information content (AvgIpc) is 2.84. The summed E-state index contributed by atoms with van der Waals surface area (Å²) >= 11 is 5.09. The van der Waals surface area contributed by atoms with E-state index >= 15 is 0 Å². The van der Waals surface area contributed by atoms with E-state index in [9.17, 15) is 4.39 Å². The number of nitrogens with one attached hydrogen (secondary N) is 1. The van der Waals surface area contributed by atoms with Crippen LogP contribution in [0, 0.1) is 10.6 Å². The summed E-state index contributed by atoms with van der Waals surface area (Å²) in [4.78, 5) is 2.01. The first kappa shape index (κ1) is 9.53. The molecule has 0 unspecified atom stereocenters. The number of nitrogens with zero attached hydrogens (tertiary/aromatic N) is 3. The van der Waals surface area contributed by atoms with Gasteiger partial charge in [-0.15, -0.1) is 5.10 Å². The Hall–Kier alpha value is -1.69. The van der Waals surface area contributed by atoms with E-state index in [0.717, 1.165) is 24.7 Å². The molecule has 1 aliphatic rings. The first-order valence-electron chi connectivity index (χ1n) is 4.94. The molecule has 0 saturated heterocycles. The van der Waals surface area contributed by atoms with Gasteiger partial charge < -0.3 is 4.90 Å². The van der Waals surface area contributed by atoms with Gasteiger partial charge in [-0.3, -0.25) is 4.57 Å². The van der Waals surface area contributed by atoms with E-state index in [-0.39, 0.29) is 5.82 Å². The minimum atomic E-state index is -0.234. The molecule has 1 aliphatic heterocycles. The van der Waals surface area contributed by atoms with Crippen molar-refractivity contribution in [2.45, 2.75) is 6.54 Å². The van der Waals surface area contributed by atoms with Crippen LogP contribution in [0.1, 0.15) is 0 Å². The predicted octanol–water partition coefficient (Wildman–Crippen LogP) is 2.23. The van der Waals surface area contributed by atoms with Crippen molar-refractivity contribution in [1.82, 2.24) is 14.8 Å². The zero-order valence-electron chi connectivity index (χ0n) is 8.35. The highest BCUT2D eigenvalue weighted by Crippen LogP contribution is 2.27. The molecule has 0 saturated carbocycles. The molecule has 0 spiro atoms. The van der Waals surface area contributed by atoms with Gasteiger partial charge in [-0.1, -0.05) is 0 Å². The lowest BCUT2D eigenvalue weighted by molar-refractivity contribution is 0.628. The molecule has 16 heavy (non-hydrogen) atoms. The third-order valence-corrected chi connectivity index (χ3v) is 2.98. The van der Waals surface area contributed by atoms with Gasteiger partial charge in [0.2, 0.25) is 5.95 Å². The highest BCUT2D eigenvalue weighted by Gasteiger charge is 2.22. The van der Waals surface area contributed by atoms with E-state index in [4.69, 9.17) is 12.2 Å². The van der Waals surface area contributed by atoms with Crippen molar-refractivity contribution in [1.29, 1.82) is 0 Å². The summed E-state index contributed by atoms with van der Waals surface area (Å²) in [6.45, 7) is 1.62. The fourth-order valence-corrected chi connectivity index (χ4v) is 2.10. The monoisotopic (exact) mass is 236 g/mol. The van der Waals surface area contributed by atoms with E-state index in [1.54, 1.807) is 12.1 Å². The Kier molecular flexibility index (Phi) is 2.03. The molecule has 0 aliphatic carbocycles. The zero-order valence-corrected chi connectivity index (χ0v) is 9.17. The Bertz CT molecular complexity index is 571. The number of rotatable bonds is 1. The lowest BCUT2D eigenvalue weighted by Crippen LogP contribution is -2.14. The van der Waals surface area contributed by atoms with Crippen LogP contribution in [-0.4, -0.2) is 21.3 Å². The number of aromatic amines is 1. The predicted molar refractivity (Wildman–Crippen MR) is 60.8 cm³/mol.